The van der Waals surface area contributed by atoms with E-state index in [0.717, 1.165) is 137 Å². The molecule has 5 heterocycles. The molecule has 5 saturated heterocycles. The van der Waals surface area contributed by atoms with Crippen molar-refractivity contribution in [1.82, 2.24) is 38.6 Å². The van der Waals surface area contributed by atoms with Crippen molar-refractivity contribution < 1.29 is 47.6 Å². The average molecular weight is 1170 g/mol. The van der Waals surface area contributed by atoms with E-state index in [0.29, 0.717) is 55.5 Å². The number of ketones is 3. The number of carbonyl (C=O) groups is 3. The SMILES string of the molecule is CC(=O)C(C)C.CC(C)C(=O)CN1CCN(C)CC1.CC(C)C(=O)CN1CCOCC1.CC(C)C(C)O.CC(C)C(O)CN1CCN(C)CC1.CC(C)C(O)CN1CCOCC1.CC(C)S(=O)(=O)N1CCN(C)CC1.CCC(C)C. The molecule has 5 aliphatic heterocycles. The summed E-state index contributed by atoms with van der Waals surface area (Å²) in [5, 5.41) is 27.6. The van der Waals surface area contributed by atoms with Gasteiger partial charge in [-0.1, -0.05) is 110 Å². The van der Waals surface area contributed by atoms with Crippen molar-refractivity contribution in [2.45, 2.75) is 162 Å². The van der Waals surface area contributed by atoms with Crippen molar-refractivity contribution in [2.75, 3.05) is 178 Å². The number of aliphatic hydroxyl groups is 3. The Morgan fingerprint density at radius 1 is 0.438 bits per heavy atom. The van der Waals surface area contributed by atoms with E-state index in [-0.39, 0.29) is 47.1 Å². The Labute approximate surface area is 493 Å². The molecule has 0 aliphatic carbocycles. The number of aliphatic hydroxyl groups excluding tert-OH is 3. The molecule has 5 rings (SSSR count). The van der Waals surface area contributed by atoms with Gasteiger partial charge in [-0.3, -0.25) is 34.0 Å². The Hall–Kier alpha value is -1.56. The minimum Gasteiger partial charge on any atom is -0.393 e. The number of β-amino-alcohol motifs (C(OH)–C–C–N with tert-alkyl or cyclic N) is 2. The van der Waals surface area contributed by atoms with Gasteiger partial charge >= 0.3 is 0 Å². The molecule has 5 fully saturated rings. The van der Waals surface area contributed by atoms with Gasteiger partial charge in [-0.15, -0.1) is 0 Å². The van der Waals surface area contributed by atoms with Gasteiger partial charge < -0.3 is 39.5 Å². The number of rotatable bonds is 17. The Morgan fingerprint density at radius 2 is 0.700 bits per heavy atom. The van der Waals surface area contributed by atoms with Gasteiger partial charge in [0, 0.05) is 136 Å². The van der Waals surface area contributed by atoms with Crippen molar-refractivity contribution in [3.05, 3.63) is 0 Å². The van der Waals surface area contributed by atoms with E-state index < -0.39 is 10.0 Å². The largest absolute Gasteiger partial charge is 0.393 e. The molecule has 0 amide bonds. The van der Waals surface area contributed by atoms with Crippen LogP contribution in [0.15, 0.2) is 0 Å². The number of morpholine rings is 2. The summed E-state index contributed by atoms with van der Waals surface area (Å²) in [6.07, 6.45) is 0.802. The number of ether oxygens (including phenoxy) is 2. The zero-order valence-electron chi connectivity index (χ0n) is 55.7. The highest BCUT2D eigenvalue weighted by Crippen LogP contribution is 2.12. The molecule has 3 atom stereocenters. The topological polar surface area (TPSA) is 190 Å². The van der Waals surface area contributed by atoms with Crippen LogP contribution in [0.3, 0.4) is 0 Å². The minimum absolute atomic E-state index is 0.148. The second-order valence-electron chi connectivity index (χ2n) is 25.2. The summed E-state index contributed by atoms with van der Waals surface area (Å²) < 4.78 is 35.4. The van der Waals surface area contributed by atoms with Gasteiger partial charge in [0.2, 0.25) is 10.0 Å². The fourth-order valence-corrected chi connectivity index (χ4v) is 7.95. The zero-order valence-corrected chi connectivity index (χ0v) is 56.5. The summed E-state index contributed by atoms with van der Waals surface area (Å²) >= 11 is 0. The average Bonchev–Trinajstić information content (AvgIpc) is 3.39. The van der Waals surface area contributed by atoms with Gasteiger partial charge in [-0.2, -0.15) is 4.31 Å². The third-order valence-corrected chi connectivity index (χ3v) is 17.2. The number of nitrogens with zero attached hydrogens (tertiary/aromatic N) is 8. The van der Waals surface area contributed by atoms with Crippen LogP contribution in [0.25, 0.3) is 0 Å². The van der Waals surface area contributed by atoms with Crippen LogP contribution in [0.5, 0.6) is 0 Å². The standard InChI is InChI=1S/C10H22N2O.C10H20N2O.C9H19NO2.C9H17NO2.C8H18N2O2S.C5H12O.C5H10O.C5H12/c2*1-9(2)10(13)8-12-6-4-11(3)5-7-12;2*1-8(2)9(11)7-10-3-5-12-6-4-10;1-8(2)13(11,12)10-6-4-9(3)5-7-10;2*1-4(2)5(3)6;1-4-5(2)3/h9-10,13H,4-8H2,1-3H3;9H,4-8H2,1-3H3;8-9,11H,3-7H2,1-2H3;8H,3-7H2,1-2H3;8H,4-7H2,1-3H3;4-6H,1-3H3;4H,1-3H3;5H,4H2,1-3H3. The third kappa shape index (κ3) is 44.9. The summed E-state index contributed by atoms with van der Waals surface area (Å²) in [7, 11) is 3.27. The molecule has 0 spiro atoms. The zero-order chi connectivity index (χ0) is 62.3. The van der Waals surface area contributed by atoms with Crippen LogP contribution >= 0.6 is 0 Å². The maximum atomic E-state index is 11.7. The molecular formula is C61H130N8O10S. The number of carbonyl (C=O) groups excluding carboxylic acids is 3. The van der Waals surface area contributed by atoms with Crippen LogP contribution in [0.2, 0.25) is 0 Å². The van der Waals surface area contributed by atoms with Crippen molar-refractivity contribution in [2.24, 2.45) is 41.4 Å². The molecule has 0 aromatic heterocycles. The molecule has 3 N–H and O–H groups in total. The van der Waals surface area contributed by atoms with E-state index in [9.17, 15) is 33.0 Å². The first kappa shape index (κ1) is 82.7. The summed E-state index contributed by atoms with van der Waals surface area (Å²) in [5.41, 5.74) is 0. The van der Waals surface area contributed by atoms with Crippen molar-refractivity contribution in [3.8, 4) is 0 Å². The predicted molar refractivity (Wildman–Crippen MR) is 334 cm³/mol. The fourth-order valence-electron chi connectivity index (χ4n) is 6.68. The van der Waals surface area contributed by atoms with Gasteiger partial charge in [-0.25, -0.2) is 8.42 Å². The Bertz CT molecular complexity index is 1600. The van der Waals surface area contributed by atoms with Crippen LogP contribution < -0.4 is 0 Å². The fraction of sp³-hybridized carbons (Fsp3) is 0.951. The predicted octanol–water partition coefficient (Wildman–Crippen LogP) is 5.87. The molecule has 0 aromatic rings. The highest BCUT2D eigenvalue weighted by molar-refractivity contribution is 7.89. The Kier molecular flexibility index (Phi) is 49.2. The first-order valence-electron chi connectivity index (χ1n) is 30.8. The van der Waals surface area contributed by atoms with Gasteiger partial charge in [0.15, 0.2) is 0 Å². The van der Waals surface area contributed by atoms with E-state index in [1.54, 1.807) is 32.0 Å². The molecule has 18 nitrogen and oxygen atoms in total. The van der Waals surface area contributed by atoms with Crippen LogP contribution in [0.4, 0.5) is 0 Å². The number of likely N-dealkylation sites (N-methyl/N-ethyl adjacent to an activating group) is 3. The van der Waals surface area contributed by atoms with E-state index in [1.165, 1.54) is 6.42 Å². The molecule has 0 aromatic carbocycles. The van der Waals surface area contributed by atoms with E-state index in [2.05, 4.69) is 83.0 Å². The number of piperazine rings is 3. The molecule has 0 bridgehead atoms. The summed E-state index contributed by atoms with van der Waals surface area (Å²) in [6, 6.07) is 0. The molecule has 80 heavy (non-hydrogen) atoms. The maximum Gasteiger partial charge on any atom is 0.216 e. The lowest BCUT2D eigenvalue weighted by atomic mass is 10.1. The molecule has 5 aliphatic rings. The highest BCUT2D eigenvalue weighted by atomic mass is 32.2. The lowest BCUT2D eigenvalue weighted by Crippen LogP contribution is -2.49. The van der Waals surface area contributed by atoms with Crippen LogP contribution in [-0.4, -0.2) is 282 Å². The van der Waals surface area contributed by atoms with E-state index in [4.69, 9.17) is 14.6 Å². The molecule has 19 heteroatoms. The van der Waals surface area contributed by atoms with Gasteiger partial charge in [0.05, 0.1) is 63.1 Å². The summed E-state index contributed by atoms with van der Waals surface area (Å²) in [4.78, 5) is 48.7. The van der Waals surface area contributed by atoms with E-state index >= 15 is 0 Å². The number of hydrogen-bond acceptors (Lipinski definition) is 17. The molecule has 0 radical (unpaired) electrons. The van der Waals surface area contributed by atoms with E-state index in [1.807, 2.05) is 76.3 Å². The third-order valence-electron chi connectivity index (χ3n) is 14.9. The second kappa shape index (κ2) is 47.7. The summed E-state index contributed by atoms with van der Waals surface area (Å²) in [6.45, 7) is 58.8. The monoisotopic (exact) mass is 1170 g/mol. The molecular weight excluding hydrogens is 1040 g/mol. The summed E-state index contributed by atoms with van der Waals surface area (Å²) in [5.74, 6) is 3.53. The first-order valence-corrected chi connectivity index (χ1v) is 32.3. The Morgan fingerprint density at radius 3 is 0.950 bits per heavy atom. The number of sulfonamides is 1. The van der Waals surface area contributed by atoms with Crippen molar-refractivity contribution >= 4 is 27.4 Å². The smallest absolute Gasteiger partial charge is 0.216 e. The van der Waals surface area contributed by atoms with Crippen LogP contribution in [0, 0.1) is 41.4 Å². The first-order chi connectivity index (χ1) is 37.1. The van der Waals surface area contributed by atoms with Gasteiger partial charge in [-0.05, 0) is 72.5 Å². The lowest BCUT2D eigenvalue weighted by Gasteiger charge is -2.34. The normalized spacial score (nSPS) is 19.8. The minimum atomic E-state index is -3.02. The molecule has 3 unspecified atom stereocenters. The molecule has 480 valence electrons. The van der Waals surface area contributed by atoms with Gasteiger partial charge in [0.1, 0.15) is 17.3 Å². The van der Waals surface area contributed by atoms with Crippen LogP contribution in [-0.2, 0) is 33.9 Å². The second-order valence-corrected chi connectivity index (χ2v) is 27.7. The van der Waals surface area contributed by atoms with Crippen LogP contribution in [0.1, 0.15) is 138 Å². The molecule has 0 saturated carbocycles. The van der Waals surface area contributed by atoms with Crippen molar-refractivity contribution in [1.29, 1.82) is 0 Å². The number of Topliss-reactive ketones (excluding diaryl/α,β-unsaturated/α-hetero) is 3. The Balaban J connectivity index is -0.000000865. The number of hydrogen-bond donors (Lipinski definition) is 3. The van der Waals surface area contributed by atoms with Crippen molar-refractivity contribution in [3.63, 3.8) is 0 Å². The maximum absolute atomic E-state index is 11.7. The lowest BCUT2D eigenvalue weighted by molar-refractivity contribution is -0.124. The quantitative estimate of drug-likeness (QED) is 0.157. The van der Waals surface area contributed by atoms with Gasteiger partial charge in [0.25, 0.3) is 0 Å². The highest BCUT2D eigenvalue weighted by Gasteiger charge is 2.28.